The Morgan fingerprint density at radius 1 is 1.38 bits per heavy atom. The van der Waals surface area contributed by atoms with Gasteiger partial charge < -0.3 is 0 Å². The second-order valence-electron chi connectivity index (χ2n) is 3.85. The number of likely N-dealkylation sites (N-methyl/N-ethyl adjacent to an activating group) is 1. The van der Waals surface area contributed by atoms with Crippen LogP contribution >= 0.6 is 0 Å². The highest BCUT2D eigenvalue weighted by molar-refractivity contribution is 5.32. The molecule has 1 aromatic rings. The maximum atomic E-state index is 2.46. The van der Waals surface area contributed by atoms with Crippen LogP contribution in [0.3, 0.4) is 0 Å². The molecule has 2 rings (SSSR count). The average molecular weight is 175 g/mol. The summed E-state index contributed by atoms with van der Waals surface area (Å²) in [5.41, 5.74) is 3.09. The topological polar surface area (TPSA) is 3.24 Å². The first-order valence-electron chi connectivity index (χ1n) is 5.11. The van der Waals surface area contributed by atoms with Crippen LogP contribution in [0.15, 0.2) is 24.3 Å². The van der Waals surface area contributed by atoms with Gasteiger partial charge in [-0.3, -0.25) is 4.90 Å². The van der Waals surface area contributed by atoms with Gasteiger partial charge in [0.2, 0.25) is 0 Å². The molecule has 13 heavy (non-hydrogen) atoms. The highest BCUT2D eigenvalue weighted by atomic mass is 15.1. The SMILES string of the molecule is CCC1c2ccccc2CCN1C. The molecule has 1 atom stereocenters. The van der Waals surface area contributed by atoms with E-state index in [1.165, 1.54) is 19.4 Å². The average Bonchev–Trinajstić information content (AvgIpc) is 2.18. The Bertz CT molecular complexity index is 293. The Balaban J connectivity index is 2.39. The van der Waals surface area contributed by atoms with Gasteiger partial charge in [-0.1, -0.05) is 31.2 Å². The van der Waals surface area contributed by atoms with Gasteiger partial charge in [-0.15, -0.1) is 0 Å². The first kappa shape index (κ1) is 8.76. The maximum absolute atomic E-state index is 2.46. The molecule has 0 bridgehead atoms. The van der Waals surface area contributed by atoms with E-state index in [4.69, 9.17) is 0 Å². The van der Waals surface area contributed by atoms with Crippen molar-refractivity contribution < 1.29 is 0 Å². The monoisotopic (exact) mass is 175 g/mol. The first-order chi connectivity index (χ1) is 6.33. The molecule has 1 unspecified atom stereocenters. The maximum Gasteiger partial charge on any atom is 0.0345 e. The van der Waals surface area contributed by atoms with Crippen LogP contribution in [-0.4, -0.2) is 18.5 Å². The Kier molecular flexibility index (Phi) is 2.36. The molecule has 0 spiro atoms. The zero-order valence-electron chi connectivity index (χ0n) is 8.46. The van der Waals surface area contributed by atoms with E-state index >= 15 is 0 Å². The van der Waals surface area contributed by atoms with Crippen LogP contribution in [0.25, 0.3) is 0 Å². The van der Waals surface area contributed by atoms with Crippen LogP contribution in [0.4, 0.5) is 0 Å². The van der Waals surface area contributed by atoms with Gasteiger partial charge in [0.15, 0.2) is 0 Å². The van der Waals surface area contributed by atoms with Gasteiger partial charge in [-0.2, -0.15) is 0 Å². The third-order valence-corrected chi connectivity index (χ3v) is 3.07. The van der Waals surface area contributed by atoms with Crippen LogP contribution in [0.1, 0.15) is 30.5 Å². The summed E-state index contributed by atoms with van der Waals surface area (Å²) in [5.74, 6) is 0. The molecule has 1 aromatic carbocycles. The van der Waals surface area contributed by atoms with E-state index in [2.05, 4.69) is 43.1 Å². The number of benzene rings is 1. The molecular formula is C12H17N. The number of fused-ring (bicyclic) bond motifs is 1. The second-order valence-corrected chi connectivity index (χ2v) is 3.85. The Morgan fingerprint density at radius 3 is 2.92 bits per heavy atom. The Hall–Kier alpha value is -0.820. The fourth-order valence-corrected chi connectivity index (χ4v) is 2.31. The minimum absolute atomic E-state index is 0.643. The van der Waals surface area contributed by atoms with Crippen molar-refractivity contribution in [3.63, 3.8) is 0 Å². The number of nitrogens with zero attached hydrogens (tertiary/aromatic N) is 1. The molecular weight excluding hydrogens is 158 g/mol. The van der Waals surface area contributed by atoms with Crippen molar-refractivity contribution in [2.45, 2.75) is 25.8 Å². The zero-order valence-corrected chi connectivity index (χ0v) is 8.46. The molecule has 0 saturated carbocycles. The molecule has 0 fully saturated rings. The van der Waals surface area contributed by atoms with Gasteiger partial charge in [0.05, 0.1) is 0 Å². The fourth-order valence-electron chi connectivity index (χ4n) is 2.31. The van der Waals surface area contributed by atoms with Crippen molar-refractivity contribution in [2.75, 3.05) is 13.6 Å². The molecule has 70 valence electrons. The Morgan fingerprint density at radius 2 is 2.15 bits per heavy atom. The summed E-state index contributed by atoms with van der Waals surface area (Å²) in [6, 6.07) is 9.49. The summed E-state index contributed by atoms with van der Waals surface area (Å²) in [6.45, 7) is 3.47. The molecule has 0 aliphatic carbocycles. The number of hydrogen-bond donors (Lipinski definition) is 0. The van der Waals surface area contributed by atoms with Crippen LogP contribution in [0.5, 0.6) is 0 Å². The minimum atomic E-state index is 0.643. The normalized spacial score (nSPS) is 22.8. The summed E-state index contributed by atoms with van der Waals surface area (Å²) in [7, 11) is 2.23. The van der Waals surface area contributed by atoms with E-state index in [9.17, 15) is 0 Å². The van der Waals surface area contributed by atoms with E-state index in [1.54, 1.807) is 11.1 Å². The van der Waals surface area contributed by atoms with Crippen molar-refractivity contribution in [3.8, 4) is 0 Å². The third kappa shape index (κ3) is 1.49. The summed E-state index contributed by atoms with van der Waals surface area (Å²) < 4.78 is 0. The summed E-state index contributed by atoms with van der Waals surface area (Å²) in [4.78, 5) is 2.46. The molecule has 1 nitrogen and oxygen atoms in total. The van der Waals surface area contributed by atoms with Crippen molar-refractivity contribution >= 4 is 0 Å². The van der Waals surface area contributed by atoms with E-state index in [0.717, 1.165) is 0 Å². The van der Waals surface area contributed by atoms with Crippen LogP contribution in [-0.2, 0) is 6.42 Å². The molecule has 1 heteroatoms. The third-order valence-electron chi connectivity index (χ3n) is 3.07. The van der Waals surface area contributed by atoms with Crippen LogP contribution in [0, 0.1) is 0 Å². The minimum Gasteiger partial charge on any atom is -0.299 e. The highest BCUT2D eigenvalue weighted by Crippen LogP contribution is 2.30. The van der Waals surface area contributed by atoms with E-state index < -0.39 is 0 Å². The standard InChI is InChI=1S/C12H17N/c1-3-12-11-7-5-4-6-10(11)8-9-13(12)2/h4-7,12H,3,8-9H2,1-2H3. The van der Waals surface area contributed by atoms with Gasteiger partial charge in [-0.25, -0.2) is 0 Å². The summed E-state index contributed by atoms with van der Waals surface area (Å²) in [6.07, 6.45) is 2.43. The van der Waals surface area contributed by atoms with Crippen molar-refractivity contribution in [2.24, 2.45) is 0 Å². The lowest BCUT2D eigenvalue weighted by Gasteiger charge is -2.33. The van der Waals surface area contributed by atoms with Gasteiger partial charge in [-0.05, 0) is 31.0 Å². The van der Waals surface area contributed by atoms with E-state index in [0.29, 0.717) is 6.04 Å². The van der Waals surface area contributed by atoms with Crippen LogP contribution in [0.2, 0.25) is 0 Å². The highest BCUT2D eigenvalue weighted by Gasteiger charge is 2.21. The molecule has 0 amide bonds. The number of rotatable bonds is 1. The molecule has 1 aliphatic rings. The van der Waals surface area contributed by atoms with Crippen molar-refractivity contribution in [1.29, 1.82) is 0 Å². The molecule has 1 heterocycles. The smallest absolute Gasteiger partial charge is 0.0345 e. The Labute approximate surface area is 80.4 Å². The number of hydrogen-bond acceptors (Lipinski definition) is 1. The van der Waals surface area contributed by atoms with Gasteiger partial charge >= 0.3 is 0 Å². The van der Waals surface area contributed by atoms with Crippen molar-refractivity contribution in [3.05, 3.63) is 35.4 Å². The van der Waals surface area contributed by atoms with Gasteiger partial charge in [0, 0.05) is 12.6 Å². The molecule has 0 N–H and O–H groups in total. The van der Waals surface area contributed by atoms with Gasteiger partial charge in [0.1, 0.15) is 0 Å². The predicted octanol–water partition coefficient (Wildman–Crippen LogP) is 2.63. The first-order valence-corrected chi connectivity index (χ1v) is 5.11. The molecule has 0 radical (unpaired) electrons. The molecule has 0 aromatic heterocycles. The lowest BCUT2D eigenvalue weighted by Crippen LogP contribution is -2.31. The summed E-state index contributed by atoms with van der Waals surface area (Å²) >= 11 is 0. The fraction of sp³-hybridized carbons (Fsp3) is 0.500. The lowest BCUT2D eigenvalue weighted by molar-refractivity contribution is 0.225. The predicted molar refractivity (Wildman–Crippen MR) is 55.8 cm³/mol. The summed E-state index contributed by atoms with van der Waals surface area (Å²) in [5, 5.41) is 0. The van der Waals surface area contributed by atoms with E-state index in [-0.39, 0.29) is 0 Å². The lowest BCUT2D eigenvalue weighted by atomic mass is 9.92. The molecule has 1 aliphatic heterocycles. The molecule has 0 saturated heterocycles. The quantitative estimate of drug-likeness (QED) is 0.634. The zero-order chi connectivity index (χ0) is 9.26. The second kappa shape index (κ2) is 3.51. The van der Waals surface area contributed by atoms with E-state index in [1.807, 2.05) is 0 Å². The van der Waals surface area contributed by atoms with Crippen molar-refractivity contribution in [1.82, 2.24) is 4.90 Å². The largest absolute Gasteiger partial charge is 0.299 e. The van der Waals surface area contributed by atoms with Gasteiger partial charge in [0.25, 0.3) is 0 Å². The van der Waals surface area contributed by atoms with Crippen LogP contribution < -0.4 is 0 Å².